The average molecular weight is 212 g/mol. The van der Waals surface area contributed by atoms with Gasteiger partial charge in [0.1, 0.15) is 5.78 Å². The molecule has 0 radical (unpaired) electrons. The monoisotopic (exact) mass is 212 g/mol. The Labute approximate surface area is 57.6 Å². The summed E-state index contributed by atoms with van der Waals surface area (Å²) < 4.78 is 0.495. The molecule has 0 spiro atoms. The number of carbonyl (C=O) groups is 1. The van der Waals surface area contributed by atoms with Crippen LogP contribution in [0.25, 0.3) is 0 Å². The van der Waals surface area contributed by atoms with Crippen molar-refractivity contribution in [1.82, 2.24) is 0 Å². The number of halogens is 1. The Morgan fingerprint density at radius 2 is 2.29 bits per heavy atom. The van der Waals surface area contributed by atoms with Crippen molar-refractivity contribution in [1.29, 1.82) is 0 Å². The molecule has 0 aliphatic rings. The van der Waals surface area contributed by atoms with Crippen LogP contribution in [0.2, 0.25) is 0 Å². The highest BCUT2D eigenvalue weighted by Crippen LogP contribution is 2.02. The molecular formula is C5H9IO. The molecule has 0 heterocycles. The highest BCUT2D eigenvalue weighted by Gasteiger charge is 1.97. The molecule has 1 atom stereocenters. The lowest BCUT2D eigenvalue weighted by Crippen LogP contribution is -1.97. The number of rotatable bonds is 2. The molecule has 0 aromatic rings. The first-order valence-electron chi connectivity index (χ1n) is 2.26. The average Bonchev–Trinajstić information content (AvgIpc) is 1.27. The summed E-state index contributed by atoms with van der Waals surface area (Å²) >= 11 is 2.24. The van der Waals surface area contributed by atoms with Gasteiger partial charge >= 0.3 is 0 Å². The van der Waals surface area contributed by atoms with Crippen molar-refractivity contribution in [3.05, 3.63) is 0 Å². The molecule has 0 bridgehead atoms. The van der Waals surface area contributed by atoms with Gasteiger partial charge in [0, 0.05) is 10.3 Å². The largest absolute Gasteiger partial charge is 0.300 e. The minimum absolute atomic E-state index is 0.280. The van der Waals surface area contributed by atoms with E-state index in [4.69, 9.17) is 0 Å². The lowest BCUT2D eigenvalue weighted by Gasteiger charge is -1.93. The van der Waals surface area contributed by atoms with Crippen LogP contribution in [0.5, 0.6) is 0 Å². The summed E-state index contributed by atoms with van der Waals surface area (Å²) in [6.07, 6.45) is 0.709. The molecule has 42 valence electrons. The fourth-order valence-corrected chi connectivity index (χ4v) is 1.02. The predicted molar refractivity (Wildman–Crippen MR) is 38.8 cm³/mol. The maximum Gasteiger partial charge on any atom is 0.130 e. The van der Waals surface area contributed by atoms with E-state index in [9.17, 15) is 4.79 Å². The van der Waals surface area contributed by atoms with E-state index in [0.717, 1.165) is 0 Å². The number of Topliss-reactive ketones (excluding diaryl/α,β-unsaturated/α-hetero) is 1. The summed E-state index contributed by atoms with van der Waals surface area (Å²) in [5.41, 5.74) is 0. The fourth-order valence-electron chi connectivity index (χ4n) is 0.396. The zero-order chi connectivity index (χ0) is 5.86. The molecule has 0 aromatic heterocycles. The fraction of sp³-hybridized carbons (Fsp3) is 0.800. The van der Waals surface area contributed by atoms with Gasteiger partial charge in [0.2, 0.25) is 0 Å². The van der Waals surface area contributed by atoms with Gasteiger partial charge in [-0.2, -0.15) is 0 Å². The van der Waals surface area contributed by atoms with Gasteiger partial charge in [-0.1, -0.05) is 29.5 Å². The standard InChI is InChI=1S/C5H9IO/c1-4(6)3-5(2)7/h4H,3H2,1-2H3. The number of alkyl halides is 1. The molecule has 0 rings (SSSR count). The Bertz CT molecular complexity index is 68.5. The molecule has 0 saturated heterocycles. The molecule has 1 nitrogen and oxygen atoms in total. The van der Waals surface area contributed by atoms with Crippen molar-refractivity contribution in [3.63, 3.8) is 0 Å². The maximum atomic E-state index is 10.2. The first kappa shape index (κ1) is 7.40. The van der Waals surface area contributed by atoms with Gasteiger partial charge < -0.3 is 0 Å². The van der Waals surface area contributed by atoms with Crippen LogP contribution in [0.1, 0.15) is 20.3 Å². The van der Waals surface area contributed by atoms with Crippen molar-refractivity contribution in [3.8, 4) is 0 Å². The van der Waals surface area contributed by atoms with Gasteiger partial charge in [-0.25, -0.2) is 0 Å². The molecule has 7 heavy (non-hydrogen) atoms. The third-order valence-electron chi connectivity index (χ3n) is 0.569. The zero-order valence-electron chi connectivity index (χ0n) is 4.57. The molecule has 0 fully saturated rings. The van der Waals surface area contributed by atoms with Crippen molar-refractivity contribution in [2.45, 2.75) is 24.2 Å². The number of ketones is 1. The molecule has 0 N–H and O–H groups in total. The molecule has 0 saturated carbocycles. The van der Waals surface area contributed by atoms with E-state index in [-0.39, 0.29) is 5.78 Å². The predicted octanol–water partition coefficient (Wildman–Crippen LogP) is 1.79. The van der Waals surface area contributed by atoms with Crippen molar-refractivity contribution in [2.75, 3.05) is 0 Å². The zero-order valence-corrected chi connectivity index (χ0v) is 6.73. The lowest BCUT2D eigenvalue weighted by atomic mass is 10.3. The molecule has 0 aliphatic heterocycles. The van der Waals surface area contributed by atoms with Crippen LogP contribution in [-0.2, 0) is 4.79 Å². The highest BCUT2D eigenvalue weighted by atomic mass is 127. The van der Waals surface area contributed by atoms with Crippen LogP contribution in [0.3, 0.4) is 0 Å². The van der Waals surface area contributed by atoms with E-state index in [2.05, 4.69) is 22.6 Å². The summed E-state index contributed by atoms with van der Waals surface area (Å²) in [4.78, 5) is 10.2. The smallest absolute Gasteiger partial charge is 0.130 e. The Balaban J connectivity index is 3.13. The van der Waals surface area contributed by atoms with Crippen molar-refractivity contribution >= 4 is 28.4 Å². The van der Waals surface area contributed by atoms with Crippen LogP contribution in [0.15, 0.2) is 0 Å². The first-order valence-corrected chi connectivity index (χ1v) is 3.51. The second-order valence-electron chi connectivity index (χ2n) is 1.69. The van der Waals surface area contributed by atoms with Gasteiger partial charge in [-0.3, -0.25) is 4.79 Å². The first-order chi connectivity index (χ1) is 3.13. The Hall–Kier alpha value is 0.400. The SMILES string of the molecule is CC(=O)CC(C)I. The van der Waals surface area contributed by atoms with Gasteiger partial charge in [-0.05, 0) is 6.92 Å². The Kier molecular flexibility index (Phi) is 3.60. The quantitative estimate of drug-likeness (QED) is 0.503. The number of hydrogen-bond donors (Lipinski definition) is 0. The van der Waals surface area contributed by atoms with Crippen LogP contribution in [0.4, 0.5) is 0 Å². The second kappa shape index (κ2) is 3.41. The van der Waals surface area contributed by atoms with Gasteiger partial charge in [0.25, 0.3) is 0 Å². The van der Waals surface area contributed by atoms with Crippen molar-refractivity contribution < 1.29 is 4.79 Å². The van der Waals surface area contributed by atoms with Gasteiger partial charge in [-0.15, -0.1) is 0 Å². The highest BCUT2D eigenvalue weighted by molar-refractivity contribution is 14.1. The summed E-state index contributed by atoms with van der Waals surface area (Å²) in [6.45, 7) is 3.65. The van der Waals surface area contributed by atoms with E-state index in [1.807, 2.05) is 6.92 Å². The minimum atomic E-state index is 0.280. The van der Waals surface area contributed by atoms with E-state index < -0.39 is 0 Å². The van der Waals surface area contributed by atoms with Gasteiger partial charge in [0.15, 0.2) is 0 Å². The molecule has 1 unspecified atom stereocenters. The van der Waals surface area contributed by atoms with Crippen LogP contribution in [-0.4, -0.2) is 9.71 Å². The minimum Gasteiger partial charge on any atom is -0.300 e. The Morgan fingerprint density at radius 3 is 2.29 bits per heavy atom. The van der Waals surface area contributed by atoms with Crippen molar-refractivity contribution in [2.24, 2.45) is 0 Å². The van der Waals surface area contributed by atoms with Crippen LogP contribution < -0.4 is 0 Å². The van der Waals surface area contributed by atoms with Crippen LogP contribution >= 0.6 is 22.6 Å². The third kappa shape index (κ3) is 6.40. The Morgan fingerprint density at radius 1 is 1.86 bits per heavy atom. The maximum absolute atomic E-state index is 10.2. The van der Waals surface area contributed by atoms with E-state index in [1.54, 1.807) is 6.92 Å². The van der Waals surface area contributed by atoms with Gasteiger partial charge in [0.05, 0.1) is 0 Å². The molecular weight excluding hydrogens is 203 g/mol. The van der Waals surface area contributed by atoms with E-state index in [0.29, 0.717) is 10.3 Å². The normalized spacial score (nSPS) is 13.6. The topological polar surface area (TPSA) is 17.1 Å². The van der Waals surface area contributed by atoms with E-state index >= 15 is 0 Å². The lowest BCUT2D eigenvalue weighted by molar-refractivity contribution is -0.116. The summed E-state index contributed by atoms with van der Waals surface area (Å²) in [7, 11) is 0. The molecule has 2 heteroatoms. The molecule has 0 aromatic carbocycles. The number of carbonyl (C=O) groups excluding carboxylic acids is 1. The van der Waals surface area contributed by atoms with E-state index in [1.165, 1.54) is 0 Å². The summed E-state index contributed by atoms with van der Waals surface area (Å²) in [6, 6.07) is 0. The molecule has 0 aliphatic carbocycles. The molecule has 0 amide bonds. The number of hydrogen-bond acceptors (Lipinski definition) is 1. The second-order valence-corrected chi connectivity index (χ2v) is 3.81. The van der Waals surface area contributed by atoms with Crippen LogP contribution in [0, 0.1) is 0 Å². The summed E-state index contributed by atoms with van der Waals surface area (Å²) in [5, 5.41) is 0. The summed E-state index contributed by atoms with van der Waals surface area (Å²) in [5.74, 6) is 0.280. The third-order valence-corrected chi connectivity index (χ3v) is 1.01.